The van der Waals surface area contributed by atoms with Crippen LogP contribution in [0.4, 0.5) is 0 Å². The summed E-state index contributed by atoms with van der Waals surface area (Å²) < 4.78 is 0. The summed E-state index contributed by atoms with van der Waals surface area (Å²) in [5.74, 6) is -1.08. The SMILES string of the molecule is CC(=O)[O-].[Pd].c1ccc(P(c2ccccc2)c2ccccc2)cc1.c1ccc(P(c2ccccc2)c2ccccc2)cc1.c1ccc(P(c2ccccc2)c2ccccc2)cc1. The Bertz CT molecular complexity index is 1970. The predicted molar refractivity (Wildman–Crippen MR) is 266 cm³/mol. The molecule has 0 spiro atoms. The van der Waals surface area contributed by atoms with Crippen molar-refractivity contribution >= 4 is 77.5 Å². The maximum absolute atomic E-state index is 8.89. The predicted octanol–water partition coefficient (Wildman–Crippen LogP) is 9.09. The van der Waals surface area contributed by atoms with Gasteiger partial charge in [0.1, 0.15) is 0 Å². The van der Waals surface area contributed by atoms with Gasteiger partial charge in [0, 0.05) is 26.4 Å². The summed E-state index contributed by atoms with van der Waals surface area (Å²) in [4.78, 5) is 8.89. The summed E-state index contributed by atoms with van der Waals surface area (Å²) in [5.41, 5.74) is 0. The van der Waals surface area contributed by atoms with Crippen molar-refractivity contribution in [2.24, 2.45) is 0 Å². The summed E-state index contributed by atoms with van der Waals surface area (Å²) in [7, 11) is -1.34. The molecule has 0 radical (unpaired) electrons. The van der Waals surface area contributed by atoms with Crippen LogP contribution >= 0.6 is 23.8 Å². The Kier molecular flexibility index (Phi) is 20.4. The van der Waals surface area contributed by atoms with Gasteiger partial charge in [0.2, 0.25) is 0 Å². The quantitative estimate of drug-likeness (QED) is 0.107. The summed E-state index contributed by atoms with van der Waals surface area (Å²) in [6.45, 7) is 0.972. The average Bonchev–Trinajstić information content (AvgIpc) is 3.33. The molecule has 310 valence electrons. The van der Waals surface area contributed by atoms with Gasteiger partial charge in [0.05, 0.1) is 0 Å². The average molecular weight is 952 g/mol. The Morgan fingerprint density at radius 1 is 0.258 bits per heavy atom. The van der Waals surface area contributed by atoms with Crippen molar-refractivity contribution in [3.63, 3.8) is 0 Å². The molecule has 0 aliphatic rings. The molecule has 0 aromatic heterocycles. The van der Waals surface area contributed by atoms with E-state index >= 15 is 0 Å². The second-order valence-corrected chi connectivity index (χ2v) is 20.2. The number of hydrogen-bond acceptors (Lipinski definition) is 2. The number of benzene rings is 9. The van der Waals surface area contributed by atoms with Crippen LogP contribution in [-0.4, -0.2) is 5.97 Å². The first-order valence-electron chi connectivity index (χ1n) is 20.1. The minimum atomic E-state index is -1.08. The Labute approximate surface area is 385 Å². The fourth-order valence-electron chi connectivity index (χ4n) is 6.54. The van der Waals surface area contributed by atoms with Crippen LogP contribution in [0.2, 0.25) is 0 Å². The molecule has 9 aromatic carbocycles. The first kappa shape index (κ1) is 47.5. The molecule has 0 bridgehead atoms. The number of aliphatic carboxylic acids is 1. The van der Waals surface area contributed by atoms with Gasteiger partial charge in [-0.2, -0.15) is 0 Å². The third-order valence-corrected chi connectivity index (χ3v) is 16.5. The fraction of sp³-hybridized carbons (Fsp3) is 0.0179. The van der Waals surface area contributed by atoms with Gasteiger partial charge < -0.3 is 9.90 Å². The monoisotopic (exact) mass is 951 g/mol. The molecule has 0 atom stereocenters. The van der Waals surface area contributed by atoms with E-state index in [2.05, 4.69) is 273 Å². The summed E-state index contributed by atoms with van der Waals surface area (Å²) in [5, 5.41) is 21.5. The van der Waals surface area contributed by atoms with Crippen molar-refractivity contribution in [3.05, 3.63) is 273 Å². The van der Waals surface area contributed by atoms with E-state index in [0.717, 1.165) is 6.92 Å². The summed E-state index contributed by atoms with van der Waals surface area (Å²) in [6.07, 6.45) is 0. The van der Waals surface area contributed by atoms with Crippen molar-refractivity contribution in [1.29, 1.82) is 0 Å². The van der Waals surface area contributed by atoms with E-state index in [1.165, 1.54) is 47.7 Å². The third-order valence-electron chi connectivity index (χ3n) is 9.13. The van der Waals surface area contributed by atoms with Crippen LogP contribution in [0.1, 0.15) is 6.92 Å². The molecule has 9 rings (SSSR count). The van der Waals surface area contributed by atoms with Crippen LogP contribution in [-0.2, 0) is 25.2 Å². The van der Waals surface area contributed by atoms with E-state index in [9.17, 15) is 0 Å². The molecule has 0 aliphatic heterocycles. The molecule has 0 aliphatic carbocycles. The number of carbonyl (C=O) groups is 1. The maximum atomic E-state index is 8.89. The normalized spacial score (nSPS) is 10.1. The fourth-order valence-corrected chi connectivity index (χ4v) is 13.5. The minimum absolute atomic E-state index is 0. The standard InChI is InChI=1S/3C18H15P.C2H4O2.Pd/c3*1-4-10-16(11-5-1)19(17-12-6-2-7-13-17)18-14-8-3-9-15-18;1-2(3)4;/h3*1-15H;1H3,(H,3,4);/p-1. The zero-order valence-corrected chi connectivity index (χ0v) is 38.7. The van der Waals surface area contributed by atoms with Gasteiger partial charge in [-0.3, -0.25) is 0 Å². The van der Waals surface area contributed by atoms with E-state index in [-0.39, 0.29) is 20.4 Å². The Morgan fingerprint density at radius 3 is 0.419 bits per heavy atom. The molecule has 0 unspecified atom stereocenters. The van der Waals surface area contributed by atoms with Crippen LogP contribution in [0.3, 0.4) is 0 Å². The molecule has 0 amide bonds. The molecule has 0 saturated carbocycles. The van der Waals surface area contributed by atoms with Gasteiger partial charge in [-0.05, 0) is 78.4 Å². The second kappa shape index (κ2) is 26.7. The molecule has 2 nitrogen and oxygen atoms in total. The molecule has 6 heteroatoms. The second-order valence-electron chi connectivity index (χ2n) is 13.5. The van der Waals surface area contributed by atoms with Crippen molar-refractivity contribution in [1.82, 2.24) is 0 Å². The summed E-state index contributed by atoms with van der Waals surface area (Å²) >= 11 is 0. The van der Waals surface area contributed by atoms with Crippen LogP contribution in [0.5, 0.6) is 0 Å². The van der Waals surface area contributed by atoms with E-state index in [0.29, 0.717) is 0 Å². The van der Waals surface area contributed by atoms with Crippen molar-refractivity contribution in [3.8, 4) is 0 Å². The van der Waals surface area contributed by atoms with Gasteiger partial charge in [-0.25, -0.2) is 0 Å². The molecule has 9 aromatic rings. The zero-order chi connectivity index (χ0) is 42.3. The Balaban J connectivity index is 0.000000167. The molecule has 0 N–H and O–H groups in total. The van der Waals surface area contributed by atoms with Gasteiger partial charge in [0.15, 0.2) is 0 Å². The van der Waals surface area contributed by atoms with Crippen LogP contribution in [0.15, 0.2) is 273 Å². The molecule has 0 fully saturated rings. The van der Waals surface area contributed by atoms with Gasteiger partial charge in [-0.1, -0.05) is 273 Å². The van der Waals surface area contributed by atoms with Gasteiger partial charge in [0.25, 0.3) is 0 Å². The number of carbonyl (C=O) groups excluding carboxylic acids is 1. The Hall–Kier alpha value is -5.60. The van der Waals surface area contributed by atoms with E-state index < -0.39 is 29.7 Å². The third kappa shape index (κ3) is 14.8. The van der Waals surface area contributed by atoms with E-state index in [1.807, 2.05) is 0 Å². The molecular weight excluding hydrogens is 904 g/mol. The van der Waals surface area contributed by atoms with Crippen molar-refractivity contribution < 1.29 is 30.3 Å². The first-order chi connectivity index (χ1) is 30.1. The first-order valence-corrected chi connectivity index (χ1v) is 24.1. The molecule has 0 saturated heterocycles. The Morgan fingerprint density at radius 2 is 0.339 bits per heavy atom. The van der Waals surface area contributed by atoms with Crippen molar-refractivity contribution in [2.75, 3.05) is 0 Å². The molecule has 62 heavy (non-hydrogen) atoms. The molecular formula is C56H48O2P3Pd-. The number of rotatable bonds is 9. The summed E-state index contributed by atoms with van der Waals surface area (Å²) in [6, 6.07) is 97.0. The van der Waals surface area contributed by atoms with Crippen molar-refractivity contribution in [2.45, 2.75) is 6.92 Å². The topological polar surface area (TPSA) is 40.1 Å². The van der Waals surface area contributed by atoms with E-state index in [4.69, 9.17) is 9.90 Å². The molecule has 0 heterocycles. The van der Waals surface area contributed by atoms with Crippen LogP contribution < -0.4 is 52.8 Å². The van der Waals surface area contributed by atoms with Crippen LogP contribution in [0.25, 0.3) is 0 Å². The van der Waals surface area contributed by atoms with Gasteiger partial charge in [-0.15, -0.1) is 0 Å². The van der Waals surface area contributed by atoms with E-state index in [1.54, 1.807) is 0 Å². The van der Waals surface area contributed by atoms with Gasteiger partial charge >= 0.3 is 0 Å². The number of hydrogen-bond donors (Lipinski definition) is 0. The minimum Gasteiger partial charge on any atom is -0.550 e. The smallest absolute Gasteiger partial charge is 0.0383 e. The zero-order valence-electron chi connectivity index (χ0n) is 34.5. The number of carboxylic acids is 1. The number of carboxylic acid groups (broad SMARTS) is 1. The largest absolute Gasteiger partial charge is 0.550 e. The van der Waals surface area contributed by atoms with Crippen LogP contribution in [0, 0.1) is 0 Å². The maximum Gasteiger partial charge on any atom is 0.0383 e.